The third-order valence-electron chi connectivity index (χ3n) is 5.69. The zero-order valence-corrected chi connectivity index (χ0v) is 19.0. The molecule has 0 amide bonds. The lowest BCUT2D eigenvalue weighted by molar-refractivity contribution is 0.327. The quantitative estimate of drug-likeness (QED) is 0.414. The summed E-state index contributed by atoms with van der Waals surface area (Å²) in [5, 5.41) is 0.883. The van der Waals surface area contributed by atoms with Gasteiger partial charge in [-0.15, -0.1) is 0 Å². The molecule has 0 unspecified atom stereocenters. The van der Waals surface area contributed by atoms with Crippen molar-refractivity contribution >= 4 is 27.8 Å². The van der Waals surface area contributed by atoms with Crippen molar-refractivity contribution in [1.29, 1.82) is 0 Å². The number of nitrogens with zero attached hydrogens (tertiary/aromatic N) is 6. The highest BCUT2D eigenvalue weighted by Crippen LogP contribution is 2.30. The van der Waals surface area contributed by atoms with Gasteiger partial charge in [-0.1, -0.05) is 6.07 Å². The minimum atomic E-state index is -0.160. The minimum absolute atomic E-state index is 0.160. The molecule has 0 bridgehead atoms. The molecule has 0 N–H and O–H groups in total. The number of imidazole rings is 1. The Morgan fingerprint density at radius 2 is 1.76 bits per heavy atom. The zero-order valence-electron chi connectivity index (χ0n) is 19.0. The highest BCUT2D eigenvalue weighted by Gasteiger charge is 2.17. The van der Waals surface area contributed by atoms with Crippen molar-refractivity contribution in [3.05, 3.63) is 71.5 Å². The fourth-order valence-corrected chi connectivity index (χ4v) is 3.98. The van der Waals surface area contributed by atoms with Gasteiger partial charge in [0.15, 0.2) is 0 Å². The maximum Gasteiger partial charge on any atom is 0.333 e. The highest BCUT2D eigenvalue weighted by atomic mass is 16.5. The Balaban J connectivity index is 1.73. The zero-order chi connectivity index (χ0) is 23.1. The van der Waals surface area contributed by atoms with E-state index < -0.39 is 0 Å². The SMILES string of the molecule is CCOc1ccc(-n2c(=O)n(C)c3cnc4ccc(-c5ccc(N(C)C)nc5)cc4c32)cn1. The molecule has 0 aliphatic rings. The van der Waals surface area contributed by atoms with Crippen LogP contribution in [0.15, 0.2) is 65.8 Å². The number of pyridine rings is 3. The lowest BCUT2D eigenvalue weighted by Crippen LogP contribution is -2.21. The molecule has 8 nitrogen and oxygen atoms in total. The molecule has 0 aliphatic carbocycles. The summed E-state index contributed by atoms with van der Waals surface area (Å²) in [6.07, 6.45) is 5.26. The number of hydrogen-bond acceptors (Lipinski definition) is 6. The molecule has 1 aromatic carbocycles. The molecule has 8 heteroatoms. The van der Waals surface area contributed by atoms with Gasteiger partial charge in [-0.05, 0) is 42.8 Å². The van der Waals surface area contributed by atoms with E-state index in [2.05, 4.69) is 21.0 Å². The van der Waals surface area contributed by atoms with Crippen molar-refractivity contribution in [1.82, 2.24) is 24.1 Å². The van der Waals surface area contributed by atoms with Crippen molar-refractivity contribution in [3.8, 4) is 22.7 Å². The van der Waals surface area contributed by atoms with E-state index in [1.165, 1.54) is 0 Å². The van der Waals surface area contributed by atoms with E-state index in [1.807, 2.05) is 62.4 Å². The van der Waals surface area contributed by atoms with E-state index in [0.717, 1.165) is 38.9 Å². The summed E-state index contributed by atoms with van der Waals surface area (Å²) >= 11 is 0. The number of anilines is 1. The molecule has 0 radical (unpaired) electrons. The van der Waals surface area contributed by atoms with Crippen molar-refractivity contribution in [3.63, 3.8) is 0 Å². The van der Waals surface area contributed by atoms with Crippen LogP contribution >= 0.6 is 0 Å². The first-order chi connectivity index (χ1) is 16.0. The lowest BCUT2D eigenvalue weighted by atomic mass is 10.0. The van der Waals surface area contributed by atoms with Gasteiger partial charge in [0.2, 0.25) is 5.88 Å². The maximum atomic E-state index is 13.2. The van der Waals surface area contributed by atoms with Gasteiger partial charge in [-0.3, -0.25) is 14.1 Å². The van der Waals surface area contributed by atoms with Crippen LogP contribution in [0, 0.1) is 0 Å². The lowest BCUT2D eigenvalue weighted by Gasteiger charge is -2.12. The molecule has 4 heterocycles. The summed E-state index contributed by atoms with van der Waals surface area (Å²) in [7, 11) is 5.68. The van der Waals surface area contributed by atoms with Gasteiger partial charge >= 0.3 is 5.69 Å². The average molecular weight is 441 g/mol. The predicted octanol–water partition coefficient (Wildman–Crippen LogP) is 3.80. The monoisotopic (exact) mass is 440 g/mol. The Morgan fingerprint density at radius 3 is 2.42 bits per heavy atom. The maximum absolute atomic E-state index is 13.2. The molecule has 0 saturated heterocycles. The predicted molar refractivity (Wildman–Crippen MR) is 130 cm³/mol. The minimum Gasteiger partial charge on any atom is -0.478 e. The van der Waals surface area contributed by atoms with Crippen LogP contribution in [0.1, 0.15) is 6.92 Å². The van der Waals surface area contributed by atoms with Crippen LogP contribution in [-0.4, -0.2) is 44.8 Å². The number of aromatic nitrogens is 5. The molecule has 0 atom stereocenters. The topological polar surface area (TPSA) is 78.1 Å². The van der Waals surface area contributed by atoms with Crippen LogP contribution in [0.3, 0.4) is 0 Å². The fraction of sp³-hybridized carbons (Fsp3) is 0.200. The van der Waals surface area contributed by atoms with Crippen molar-refractivity contribution < 1.29 is 4.74 Å². The van der Waals surface area contributed by atoms with E-state index >= 15 is 0 Å². The Labute approximate surface area is 190 Å². The number of ether oxygens (including phenoxy) is 1. The average Bonchev–Trinajstić information content (AvgIpc) is 3.10. The molecular formula is C25H24N6O2. The summed E-state index contributed by atoms with van der Waals surface area (Å²) in [5.74, 6) is 1.42. The highest BCUT2D eigenvalue weighted by molar-refractivity contribution is 6.04. The Morgan fingerprint density at radius 1 is 0.939 bits per heavy atom. The van der Waals surface area contributed by atoms with E-state index in [4.69, 9.17) is 4.74 Å². The summed E-state index contributed by atoms with van der Waals surface area (Å²) < 4.78 is 8.74. The van der Waals surface area contributed by atoms with Crippen molar-refractivity contribution in [2.24, 2.45) is 7.05 Å². The molecule has 5 aromatic rings. The van der Waals surface area contributed by atoms with Gasteiger partial charge < -0.3 is 9.64 Å². The third kappa shape index (κ3) is 3.49. The van der Waals surface area contributed by atoms with Crippen LogP contribution in [0.5, 0.6) is 5.88 Å². The second-order valence-electron chi connectivity index (χ2n) is 7.99. The second kappa shape index (κ2) is 8.05. The standard InChI is InChI=1S/C25H24N6O2/c1-5-33-23-11-8-18(14-28-23)31-24-19-12-16(17-7-10-22(27-13-17)29(2)3)6-9-20(19)26-15-21(24)30(4)25(31)32/h6-15H,5H2,1-4H3. The normalized spacial score (nSPS) is 11.3. The van der Waals surface area contributed by atoms with Crippen LogP contribution in [-0.2, 0) is 7.05 Å². The Bertz CT molecular complexity index is 1520. The van der Waals surface area contributed by atoms with Gasteiger partial charge in [0, 0.05) is 44.4 Å². The Kier molecular flexibility index (Phi) is 5.05. The van der Waals surface area contributed by atoms with Crippen LogP contribution < -0.4 is 15.3 Å². The molecule has 5 rings (SSSR count). The van der Waals surface area contributed by atoms with Crippen LogP contribution in [0.2, 0.25) is 0 Å². The van der Waals surface area contributed by atoms with Crippen LogP contribution in [0.4, 0.5) is 5.82 Å². The molecule has 166 valence electrons. The number of fused-ring (bicyclic) bond motifs is 3. The van der Waals surface area contributed by atoms with Gasteiger partial charge in [0.25, 0.3) is 0 Å². The molecular weight excluding hydrogens is 416 g/mol. The molecule has 4 aromatic heterocycles. The second-order valence-corrected chi connectivity index (χ2v) is 7.99. The molecule has 0 fully saturated rings. The van der Waals surface area contributed by atoms with Gasteiger partial charge in [0.05, 0.1) is 41.2 Å². The van der Waals surface area contributed by atoms with Gasteiger partial charge in [-0.25, -0.2) is 14.8 Å². The van der Waals surface area contributed by atoms with Gasteiger partial charge in [-0.2, -0.15) is 0 Å². The first-order valence-electron chi connectivity index (χ1n) is 10.7. The largest absolute Gasteiger partial charge is 0.478 e. The molecule has 33 heavy (non-hydrogen) atoms. The number of hydrogen-bond donors (Lipinski definition) is 0. The van der Waals surface area contributed by atoms with E-state index in [-0.39, 0.29) is 5.69 Å². The molecule has 0 saturated carbocycles. The number of rotatable bonds is 5. The fourth-order valence-electron chi connectivity index (χ4n) is 3.98. The van der Waals surface area contributed by atoms with Crippen molar-refractivity contribution in [2.45, 2.75) is 6.92 Å². The van der Waals surface area contributed by atoms with E-state index in [9.17, 15) is 4.79 Å². The molecule has 0 spiro atoms. The summed E-state index contributed by atoms with van der Waals surface area (Å²) in [6, 6.07) is 13.7. The number of benzene rings is 1. The summed E-state index contributed by atoms with van der Waals surface area (Å²) in [5.41, 5.74) is 4.85. The Hall–Kier alpha value is -4.20. The third-order valence-corrected chi connectivity index (χ3v) is 5.69. The number of aryl methyl sites for hydroxylation is 1. The summed E-state index contributed by atoms with van der Waals surface area (Å²) in [6.45, 7) is 2.44. The first kappa shape index (κ1) is 20.7. The van der Waals surface area contributed by atoms with Gasteiger partial charge in [0.1, 0.15) is 5.82 Å². The smallest absolute Gasteiger partial charge is 0.333 e. The summed E-state index contributed by atoms with van der Waals surface area (Å²) in [4.78, 5) is 28.7. The molecule has 0 aliphatic heterocycles. The first-order valence-corrected chi connectivity index (χ1v) is 10.7. The van der Waals surface area contributed by atoms with E-state index in [1.54, 1.807) is 34.6 Å². The van der Waals surface area contributed by atoms with Crippen molar-refractivity contribution in [2.75, 3.05) is 25.6 Å². The van der Waals surface area contributed by atoms with Crippen LogP contribution in [0.25, 0.3) is 38.8 Å². The van der Waals surface area contributed by atoms with E-state index in [0.29, 0.717) is 18.2 Å².